The van der Waals surface area contributed by atoms with Gasteiger partial charge >= 0.3 is 0 Å². The van der Waals surface area contributed by atoms with Crippen LogP contribution in [0.25, 0.3) is 52.5 Å². The molecule has 0 amide bonds. The molecule has 0 unspecified atom stereocenters. The fourth-order valence-electron chi connectivity index (χ4n) is 4.22. The van der Waals surface area contributed by atoms with Crippen molar-refractivity contribution in [3.8, 4) is 0 Å². The van der Waals surface area contributed by atoms with E-state index in [1.807, 2.05) is 11.3 Å². The third kappa shape index (κ3) is 1.80. The van der Waals surface area contributed by atoms with E-state index in [1.54, 1.807) is 0 Å². The first kappa shape index (κ1) is 14.3. The Hall–Kier alpha value is -2.84. The minimum absolute atomic E-state index is 0.866. The quantitative estimate of drug-likeness (QED) is 0.224. The maximum absolute atomic E-state index is 6.57. The highest BCUT2D eigenvalue weighted by Crippen LogP contribution is 2.42. The summed E-state index contributed by atoms with van der Waals surface area (Å²) in [6.45, 7) is 0. The Kier molecular flexibility index (Phi) is 2.81. The normalized spacial score (nSPS) is 12.0. The molecule has 5 aromatic carbocycles. The van der Waals surface area contributed by atoms with Crippen LogP contribution in [-0.4, -0.2) is 7.85 Å². The molecule has 0 spiro atoms. The zero-order valence-corrected chi connectivity index (χ0v) is 14.8. The summed E-state index contributed by atoms with van der Waals surface area (Å²) in [4.78, 5) is 0. The molecule has 1 heterocycles. The summed E-state index contributed by atoms with van der Waals surface area (Å²) in [5.41, 5.74) is 0.866. The third-order valence-electron chi connectivity index (χ3n) is 5.37. The monoisotopic (exact) mass is 344 g/mol. The van der Waals surface area contributed by atoms with Crippen molar-refractivity contribution in [1.29, 1.82) is 0 Å². The first-order valence-corrected chi connectivity index (χ1v) is 9.57. The first-order chi connectivity index (χ1) is 12.8. The fourth-order valence-corrected chi connectivity index (χ4v) is 5.54. The maximum Gasteiger partial charge on any atom is 0.114 e. The van der Waals surface area contributed by atoms with Crippen LogP contribution >= 0.6 is 11.3 Å². The minimum atomic E-state index is 0.866. The van der Waals surface area contributed by atoms with Crippen molar-refractivity contribution >= 4 is 77.1 Å². The molecule has 6 rings (SSSR count). The van der Waals surface area contributed by atoms with Gasteiger partial charge in [-0.2, -0.15) is 0 Å². The van der Waals surface area contributed by atoms with Crippen LogP contribution in [0.1, 0.15) is 0 Å². The molecule has 0 atom stereocenters. The van der Waals surface area contributed by atoms with Gasteiger partial charge in [0.05, 0.1) is 0 Å². The summed E-state index contributed by atoms with van der Waals surface area (Å²) in [6, 6.07) is 28.2. The summed E-state index contributed by atoms with van der Waals surface area (Å²) in [5.74, 6) is 0. The average molecular weight is 344 g/mol. The molecule has 0 saturated heterocycles. The molecule has 0 bridgehead atoms. The van der Waals surface area contributed by atoms with E-state index in [-0.39, 0.29) is 0 Å². The molecule has 26 heavy (non-hydrogen) atoms. The van der Waals surface area contributed by atoms with E-state index in [0.29, 0.717) is 0 Å². The van der Waals surface area contributed by atoms with Gasteiger partial charge in [0.2, 0.25) is 0 Å². The number of thiophene rings is 1. The summed E-state index contributed by atoms with van der Waals surface area (Å²) in [6.07, 6.45) is 0. The third-order valence-corrected chi connectivity index (χ3v) is 6.54. The van der Waals surface area contributed by atoms with Gasteiger partial charge in [0, 0.05) is 20.2 Å². The van der Waals surface area contributed by atoms with Gasteiger partial charge < -0.3 is 0 Å². The highest BCUT2D eigenvalue weighted by molar-refractivity contribution is 7.27. The highest BCUT2D eigenvalue weighted by atomic mass is 32.1. The number of fused-ring (bicyclic) bond motifs is 9. The highest BCUT2D eigenvalue weighted by Gasteiger charge is 2.14. The molecule has 2 heteroatoms. The molecule has 0 N–H and O–H groups in total. The predicted molar refractivity (Wildman–Crippen MR) is 117 cm³/mol. The zero-order chi connectivity index (χ0) is 17.3. The summed E-state index contributed by atoms with van der Waals surface area (Å²) >= 11 is 1.86. The van der Waals surface area contributed by atoms with Gasteiger partial charge in [0.25, 0.3) is 0 Å². The van der Waals surface area contributed by atoms with Crippen LogP contribution in [0, 0.1) is 0 Å². The zero-order valence-electron chi connectivity index (χ0n) is 14.0. The summed E-state index contributed by atoms with van der Waals surface area (Å²) < 4.78 is 2.59. The van der Waals surface area contributed by atoms with Crippen molar-refractivity contribution in [3.05, 3.63) is 78.9 Å². The van der Waals surface area contributed by atoms with E-state index < -0.39 is 0 Å². The lowest BCUT2D eigenvalue weighted by Crippen LogP contribution is -2.03. The standard InChI is InChI=1S/C24H13BS/c25-19-13-16-10-9-14-5-1-3-7-17(14)21(16)24-23(19)22-18-8-4-2-6-15(18)11-12-20(22)26-24/h1-13H. The van der Waals surface area contributed by atoms with Gasteiger partial charge in [-0.1, -0.05) is 78.3 Å². The molecule has 0 saturated carbocycles. The Morgan fingerprint density at radius 2 is 1.19 bits per heavy atom. The van der Waals surface area contributed by atoms with Crippen LogP contribution in [0.15, 0.2) is 78.9 Å². The van der Waals surface area contributed by atoms with Gasteiger partial charge in [0.15, 0.2) is 0 Å². The lowest BCUT2D eigenvalue weighted by Gasteiger charge is -2.08. The molecule has 0 aliphatic carbocycles. The average Bonchev–Trinajstić information content (AvgIpc) is 3.08. The number of hydrogen-bond acceptors (Lipinski definition) is 1. The van der Waals surface area contributed by atoms with E-state index in [9.17, 15) is 0 Å². The van der Waals surface area contributed by atoms with Gasteiger partial charge in [-0.05, 0) is 38.4 Å². The molecule has 2 radical (unpaired) electrons. The molecular formula is C24H13BS. The van der Waals surface area contributed by atoms with Crippen LogP contribution in [-0.2, 0) is 0 Å². The van der Waals surface area contributed by atoms with Gasteiger partial charge in [-0.25, -0.2) is 0 Å². The molecule has 0 aliphatic heterocycles. The SMILES string of the molecule is [B]c1cc2ccc3ccccc3c2c2sc3ccc4ccccc4c3c12. The van der Waals surface area contributed by atoms with Crippen LogP contribution < -0.4 is 5.46 Å². The smallest absolute Gasteiger partial charge is 0.114 e. The van der Waals surface area contributed by atoms with Gasteiger partial charge in [-0.3, -0.25) is 0 Å². The van der Waals surface area contributed by atoms with Crippen LogP contribution in [0.3, 0.4) is 0 Å². The molecule has 0 nitrogen and oxygen atoms in total. The summed E-state index contributed by atoms with van der Waals surface area (Å²) in [5, 5.41) is 10.1. The van der Waals surface area contributed by atoms with Crippen LogP contribution in [0.5, 0.6) is 0 Å². The summed E-state index contributed by atoms with van der Waals surface area (Å²) in [7, 11) is 6.57. The van der Waals surface area contributed by atoms with Crippen molar-refractivity contribution in [1.82, 2.24) is 0 Å². The molecule has 1 aromatic heterocycles. The van der Waals surface area contributed by atoms with Crippen LogP contribution in [0.2, 0.25) is 0 Å². The fraction of sp³-hybridized carbons (Fsp3) is 0. The maximum atomic E-state index is 6.57. The molecular weight excluding hydrogens is 331 g/mol. The van der Waals surface area contributed by atoms with E-state index in [1.165, 1.54) is 52.5 Å². The molecule has 0 aliphatic rings. The minimum Gasteiger partial charge on any atom is -0.135 e. The van der Waals surface area contributed by atoms with Crippen LogP contribution in [0.4, 0.5) is 0 Å². The molecule has 6 aromatic rings. The number of benzene rings is 5. The predicted octanol–water partition coefficient (Wildman–Crippen LogP) is 6.31. The first-order valence-electron chi connectivity index (χ1n) is 8.75. The second kappa shape index (κ2) is 5.09. The number of hydrogen-bond donors (Lipinski definition) is 0. The second-order valence-electron chi connectivity index (χ2n) is 6.82. The molecule has 0 fully saturated rings. The Morgan fingerprint density at radius 3 is 1.96 bits per heavy atom. The largest absolute Gasteiger partial charge is 0.135 e. The Labute approximate surface area is 156 Å². The van der Waals surface area contributed by atoms with E-state index >= 15 is 0 Å². The van der Waals surface area contributed by atoms with Crippen molar-refractivity contribution in [2.75, 3.05) is 0 Å². The van der Waals surface area contributed by atoms with E-state index in [4.69, 9.17) is 7.85 Å². The van der Waals surface area contributed by atoms with Crippen molar-refractivity contribution in [2.45, 2.75) is 0 Å². The Balaban J connectivity index is 1.97. The van der Waals surface area contributed by atoms with Crippen molar-refractivity contribution in [2.24, 2.45) is 0 Å². The van der Waals surface area contributed by atoms with Gasteiger partial charge in [0.1, 0.15) is 7.85 Å². The van der Waals surface area contributed by atoms with E-state index in [2.05, 4.69) is 78.9 Å². The lowest BCUT2D eigenvalue weighted by molar-refractivity contribution is 1.81. The van der Waals surface area contributed by atoms with Gasteiger partial charge in [-0.15, -0.1) is 11.3 Å². The number of rotatable bonds is 0. The lowest BCUT2D eigenvalue weighted by atomic mass is 9.86. The molecule has 118 valence electrons. The topological polar surface area (TPSA) is 0 Å². The Morgan fingerprint density at radius 1 is 0.577 bits per heavy atom. The second-order valence-corrected chi connectivity index (χ2v) is 7.87. The van der Waals surface area contributed by atoms with Crippen molar-refractivity contribution in [3.63, 3.8) is 0 Å². The van der Waals surface area contributed by atoms with E-state index in [0.717, 1.165) is 5.46 Å². The van der Waals surface area contributed by atoms with Crippen molar-refractivity contribution < 1.29 is 0 Å². The Bertz CT molecular complexity index is 1490.